The van der Waals surface area contributed by atoms with E-state index in [0.29, 0.717) is 5.95 Å². The van der Waals surface area contributed by atoms with Gasteiger partial charge in [0.1, 0.15) is 11.6 Å². The van der Waals surface area contributed by atoms with Crippen LogP contribution in [0.4, 0.5) is 5.82 Å². The molecule has 2 heterocycles. The van der Waals surface area contributed by atoms with Crippen LogP contribution in [0.1, 0.15) is 48.5 Å². The summed E-state index contributed by atoms with van der Waals surface area (Å²) in [4.78, 5) is 14.7. The normalized spacial score (nSPS) is 14.5. The molecular weight excluding hydrogens is 372 g/mol. The number of nitrogens with one attached hydrogen (secondary N) is 1. The summed E-state index contributed by atoms with van der Waals surface area (Å²) in [5.41, 5.74) is 11.8. The van der Waals surface area contributed by atoms with Crippen molar-refractivity contribution < 1.29 is 0 Å². The number of aryl methyl sites for hydroxylation is 1. The van der Waals surface area contributed by atoms with Gasteiger partial charge in [-0.1, -0.05) is 42.5 Å². The summed E-state index contributed by atoms with van der Waals surface area (Å²) in [5, 5.41) is 3.57. The molecule has 6 heteroatoms. The second-order valence-electron chi connectivity index (χ2n) is 7.93. The van der Waals surface area contributed by atoms with Crippen LogP contribution in [0.2, 0.25) is 0 Å². The van der Waals surface area contributed by atoms with E-state index in [-0.39, 0.29) is 6.04 Å². The van der Waals surface area contributed by atoms with Gasteiger partial charge in [-0.3, -0.25) is 4.57 Å². The second kappa shape index (κ2) is 7.88. The molecule has 0 saturated carbocycles. The molecule has 0 amide bonds. The molecule has 0 spiro atoms. The lowest BCUT2D eigenvalue weighted by Crippen LogP contribution is -2.18. The first-order valence-electron chi connectivity index (χ1n) is 10.6. The number of benzene rings is 2. The Kier molecular flexibility index (Phi) is 4.93. The van der Waals surface area contributed by atoms with Crippen molar-refractivity contribution in [2.45, 2.75) is 45.2 Å². The van der Waals surface area contributed by atoms with Crippen LogP contribution < -0.4 is 11.1 Å². The average Bonchev–Trinajstić information content (AvgIpc) is 3.18. The highest BCUT2D eigenvalue weighted by atomic mass is 15.2. The van der Waals surface area contributed by atoms with Crippen molar-refractivity contribution in [2.75, 3.05) is 5.32 Å². The predicted molar refractivity (Wildman–Crippen MR) is 120 cm³/mol. The van der Waals surface area contributed by atoms with Crippen molar-refractivity contribution in [3.63, 3.8) is 0 Å². The van der Waals surface area contributed by atoms with Crippen molar-refractivity contribution in [1.82, 2.24) is 19.5 Å². The molecule has 1 aliphatic carbocycles. The molecule has 0 aliphatic heterocycles. The molecule has 1 atom stereocenters. The number of nitrogens with two attached hydrogens (primary N) is 1. The first kappa shape index (κ1) is 18.8. The Labute approximate surface area is 176 Å². The summed E-state index contributed by atoms with van der Waals surface area (Å²) >= 11 is 0. The molecule has 0 saturated heterocycles. The number of rotatable bonds is 5. The molecule has 1 unspecified atom stereocenters. The first-order valence-corrected chi connectivity index (χ1v) is 10.6. The standard InChI is InChI=1S/C24H26N6/c1-16(25)23-27-20-13-7-8-14-21(20)30(23)24-28-19-12-6-5-11-18(19)22(29-24)26-15-17-9-3-2-4-10-17/h2-4,7-10,13-14,16H,5-6,11-12,15,25H2,1H3,(H,26,28,29). The highest BCUT2D eigenvalue weighted by molar-refractivity contribution is 5.77. The third-order valence-corrected chi connectivity index (χ3v) is 5.67. The number of hydrogen-bond donors (Lipinski definition) is 2. The van der Waals surface area contributed by atoms with Crippen LogP contribution in [0.5, 0.6) is 0 Å². The van der Waals surface area contributed by atoms with Gasteiger partial charge in [-0.2, -0.15) is 4.98 Å². The first-order chi connectivity index (χ1) is 14.7. The van der Waals surface area contributed by atoms with Gasteiger partial charge < -0.3 is 11.1 Å². The number of fused-ring (bicyclic) bond motifs is 2. The molecule has 0 radical (unpaired) electrons. The van der Waals surface area contributed by atoms with Crippen molar-refractivity contribution in [3.05, 3.63) is 77.2 Å². The maximum atomic E-state index is 6.27. The Bertz CT molecular complexity index is 1180. The topological polar surface area (TPSA) is 81.6 Å². The van der Waals surface area contributed by atoms with Crippen LogP contribution >= 0.6 is 0 Å². The Morgan fingerprint density at radius 3 is 2.57 bits per heavy atom. The fourth-order valence-corrected chi connectivity index (χ4v) is 4.17. The van der Waals surface area contributed by atoms with E-state index < -0.39 is 0 Å². The van der Waals surface area contributed by atoms with Gasteiger partial charge >= 0.3 is 0 Å². The largest absolute Gasteiger partial charge is 0.366 e. The van der Waals surface area contributed by atoms with Gasteiger partial charge in [0.15, 0.2) is 0 Å². The molecule has 1 aliphatic rings. The van der Waals surface area contributed by atoms with E-state index in [1.807, 2.05) is 41.8 Å². The lowest BCUT2D eigenvalue weighted by atomic mass is 9.96. The molecule has 4 aromatic rings. The third-order valence-electron chi connectivity index (χ3n) is 5.67. The highest BCUT2D eigenvalue weighted by Crippen LogP contribution is 2.29. The Morgan fingerprint density at radius 2 is 1.73 bits per heavy atom. The van der Waals surface area contributed by atoms with Gasteiger partial charge in [-0.25, -0.2) is 9.97 Å². The molecule has 2 aromatic heterocycles. The minimum absolute atomic E-state index is 0.224. The van der Waals surface area contributed by atoms with Gasteiger partial charge in [0.25, 0.3) is 0 Å². The number of aromatic nitrogens is 4. The van der Waals surface area contributed by atoms with E-state index in [0.717, 1.165) is 54.2 Å². The number of anilines is 1. The summed E-state index contributed by atoms with van der Waals surface area (Å²) in [6.07, 6.45) is 4.32. The van der Waals surface area contributed by atoms with Crippen LogP contribution in [-0.4, -0.2) is 19.5 Å². The second-order valence-corrected chi connectivity index (χ2v) is 7.93. The van der Waals surface area contributed by atoms with Gasteiger partial charge in [0.2, 0.25) is 5.95 Å². The molecule has 30 heavy (non-hydrogen) atoms. The zero-order chi connectivity index (χ0) is 20.5. The Hall–Kier alpha value is -3.25. The van der Waals surface area contributed by atoms with E-state index in [1.165, 1.54) is 17.5 Å². The smallest absolute Gasteiger partial charge is 0.237 e. The van der Waals surface area contributed by atoms with Crippen molar-refractivity contribution in [3.8, 4) is 5.95 Å². The van der Waals surface area contributed by atoms with Gasteiger partial charge in [0.05, 0.1) is 22.8 Å². The van der Waals surface area contributed by atoms with Crippen LogP contribution in [0.15, 0.2) is 54.6 Å². The molecule has 5 rings (SSSR count). The zero-order valence-electron chi connectivity index (χ0n) is 17.2. The Morgan fingerprint density at radius 1 is 0.967 bits per heavy atom. The number of para-hydroxylation sites is 2. The van der Waals surface area contributed by atoms with Crippen LogP contribution in [0.25, 0.3) is 17.0 Å². The highest BCUT2D eigenvalue weighted by Gasteiger charge is 2.22. The lowest BCUT2D eigenvalue weighted by molar-refractivity contribution is 0.652. The van der Waals surface area contributed by atoms with Crippen molar-refractivity contribution in [2.24, 2.45) is 5.73 Å². The van der Waals surface area contributed by atoms with Gasteiger partial charge in [0, 0.05) is 12.1 Å². The average molecular weight is 399 g/mol. The summed E-state index contributed by atoms with van der Waals surface area (Å²) in [6.45, 7) is 2.68. The molecule has 0 bridgehead atoms. The minimum atomic E-state index is -0.224. The van der Waals surface area contributed by atoms with E-state index in [1.54, 1.807) is 0 Å². The van der Waals surface area contributed by atoms with Crippen molar-refractivity contribution >= 4 is 16.9 Å². The summed E-state index contributed by atoms with van der Waals surface area (Å²) < 4.78 is 2.02. The fraction of sp³-hybridized carbons (Fsp3) is 0.292. The fourth-order valence-electron chi connectivity index (χ4n) is 4.17. The maximum absolute atomic E-state index is 6.27. The monoisotopic (exact) mass is 398 g/mol. The van der Waals surface area contributed by atoms with Crippen molar-refractivity contribution in [1.29, 1.82) is 0 Å². The van der Waals surface area contributed by atoms with E-state index in [9.17, 15) is 0 Å². The summed E-state index contributed by atoms with van der Waals surface area (Å²) in [6, 6.07) is 18.2. The van der Waals surface area contributed by atoms with Gasteiger partial charge in [-0.05, 0) is 50.3 Å². The van der Waals surface area contributed by atoms with Crippen LogP contribution in [0, 0.1) is 0 Å². The van der Waals surface area contributed by atoms with Gasteiger partial charge in [-0.15, -0.1) is 0 Å². The lowest BCUT2D eigenvalue weighted by Gasteiger charge is -2.21. The Balaban J connectivity index is 1.63. The molecule has 0 fully saturated rings. The van der Waals surface area contributed by atoms with E-state index >= 15 is 0 Å². The molecule has 6 nitrogen and oxygen atoms in total. The van der Waals surface area contributed by atoms with Crippen LogP contribution in [0.3, 0.4) is 0 Å². The molecule has 3 N–H and O–H groups in total. The van der Waals surface area contributed by atoms with Crippen LogP contribution in [-0.2, 0) is 19.4 Å². The molecule has 2 aromatic carbocycles. The molecule has 152 valence electrons. The van der Waals surface area contributed by atoms with E-state index in [2.05, 4.69) is 29.6 Å². The number of hydrogen-bond acceptors (Lipinski definition) is 5. The maximum Gasteiger partial charge on any atom is 0.237 e. The zero-order valence-corrected chi connectivity index (χ0v) is 17.2. The number of imidazole rings is 1. The third kappa shape index (κ3) is 3.44. The SMILES string of the molecule is CC(N)c1nc2ccccc2n1-c1nc2c(c(NCc3ccccc3)n1)CCCC2. The molecular formula is C24H26N6. The summed E-state index contributed by atoms with van der Waals surface area (Å²) in [7, 11) is 0. The quantitative estimate of drug-likeness (QED) is 0.523. The predicted octanol–water partition coefficient (Wildman–Crippen LogP) is 4.33. The van der Waals surface area contributed by atoms with E-state index in [4.69, 9.17) is 20.7 Å². The minimum Gasteiger partial charge on any atom is -0.366 e. The number of nitrogens with zero attached hydrogens (tertiary/aromatic N) is 4. The summed E-state index contributed by atoms with van der Waals surface area (Å²) in [5.74, 6) is 2.35.